The molecule has 0 radical (unpaired) electrons. The third kappa shape index (κ3) is 4.04. The van der Waals surface area contributed by atoms with Crippen LogP contribution in [0.4, 0.5) is 5.69 Å². The molecule has 8 heteroatoms. The van der Waals surface area contributed by atoms with E-state index in [1.807, 2.05) is 24.3 Å². The van der Waals surface area contributed by atoms with Crippen molar-refractivity contribution in [3.05, 3.63) is 75.4 Å². The summed E-state index contributed by atoms with van der Waals surface area (Å²) in [6.45, 7) is 1.80. The van der Waals surface area contributed by atoms with Crippen molar-refractivity contribution in [2.24, 2.45) is 0 Å². The number of nitrogens with one attached hydrogen (secondary N) is 1. The molecule has 29 heavy (non-hydrogen) atoms. The van der Waals surface area contributed by atoms with Gasteiger partial charge in [-0.2, -0.15) is 0 Å². The van der Waals surface area contributed by atoms with Crippen LogP contribution in [-0.4, -0.2) is 31.3 Å². The van der Waals surface area contributed by atoms with Crippen molar-refractivity contribution in [2.75, 3.05) is 19.1 Å². The van der Waals surface area contributed by atoms with Gasteiger partial charge in [0, 0.05) is 15.9 Å². The first-order valence-corrected chi connectivity index (χ1v) is 9.91. The zero-order valence-corrected chi connectivity index (χ0v) is 18.5. The molecule has 1 unspecified atom stereocenters. The number of rotatable bonds is 4. The molecule has 1 aliphatic rings. The van der Waals surface area contributed by atoms with Crippen molar-refractivity contribution < 1.29 is 19.1 Å². The lowest BCUT2D eigenvalue weighted by molar-refractivity contribution is -0.136. The third-order valence-electron chi connectivity index (χ3n) is 4.63. The topological polar surface area (TPSA) is 67.9 Å². The van der Waals surface area contributed by atoms with Crippen molar-refractivity contribution in [2.45, 2.75) is 13.0 Å². The molecule has 0 bridgehead atoms. The fourth-order valence-corrected chi connectivity index (χ4v) is 4.07. The Balaban J connectivity index is 2.20. The van der Waals surface area contributed by atoms with Crippen molar-refractivity contribution in [1.29, 1.82) is 0 Å². The molecule has 0 saturated carbocycles. The monoisotopic (exact) mass is 474 g/mol. The molecule has 0 spiro atoms. The Labute approximate surface area is 182 Å². The number of anilines is 1. The van der Waals surface area contributed by atoms with Crippen LogP contribution in [0.25, 0.3) is 0 Å². The average Bonchev–Trinajstić information content (AvgIpc) is 2.72. The minimum atomic E-state index is -0.659. The van der Waals surface area contributed by atoms with Gasteiger partial charge < -0.3 is 14.8 Å². The first kappa shape index (κ1) is 21.0. The molecule has 3 rings (SSSR count). The van der Waals surface area contributed by atoms with Crippen LogP contribution >= 0.6 is 28.1 Å². The van der Waals surface area contributed by atoms with Crippen LogP contribution in [0.2, 0.25) is 0 Å². The molecule has 0 aromatic heterocycles. The number of halogens is 1. The van der Waals surface area contributed by atoms with Crippen LogP contribution in [0, 0.1) is 0 Å². The van der Waals surface area contributed by atoms with Gasteiger partial charge in [-0.25, -0.2) is 9.59 Å². The lowest BCUT2D eigenvalue weighted by atomic mass is 9.91. The smallest absolute Gasteiger partial charge is 0.338 e. The fourth-order valence-electron chi connectivity index (χ4n) is 3.32. The summed E-state index contributed by atoms with van der Waals surface area (Å²) in [6.07, 6.45) is 0. The predicted octanol–water partition coefficient (Wildman–Crippen LogP) is 4.12. The molecule has 1 heterocycles. The van der Waals surface area contributed by atoms with Gasteiger partial charge in [0.1, 0.15) is 0 Å². The molecule has 1 N–H and O–H groups in total. The average molecular weight is 475 g/mol. The van der Waals surface area contributed by atoms with Gasteiger partial charge in [-0.15, -0.1) is 0 Å². The maximum absolute atomic E-state index is 12.7. The third-order valence-corrected chi connectivity index (χ3v) is 5.43. The minimum absolute atomic E-state index is 0.348. The highest BCUT2D eigenvalue weighted by Crippen LogP contribution is 2.36. The molecule has 0 aliphatic carbocycles. The molecule has 0 amide bonds. The van der Waals surface area contributed by atoms with E-state index in [9.17, 15) is 9.59 Å². The van der Waals surface area contributed by atoms with Crippen LogP contribution in [0.1, 0.15) is 28.9 Å². The van der Waals surface area contributed by atoms with E-state index in [1.54, 1.807) is 36.1 Å². The summed E-state index contributed by atoms with van der Waals surface area (Å²) in [6, 6.07) is 13.8. The SMILES string of the molecule is COC(=O)C1=C(C)N(c2cccc(Br)c2)C(=S)NC1c1ccccc1C(=O)OC. The highest BCUT2D eigenvalue weighted by molar-refractivity contribution is 9.10. The second-order valence-electron chi connectivity index (χ2n) is 6.27. The Kier molecular flexibility index (Phi) is 6.34. The number of hydrogen-bond donors (Lipinski definition) is 1. The van der Waals surface area contributed by atoms with E-state index in [0.29, 0.717) is 27.5 Å². The molecular weight excluding hydrogens is 456 g/mol. The Morgan fingerprint density at radius 3 is 2.41 bits per heavy atom. The number of methoxy groups -OCH3 is 2. The van der Waals surface area contributed by atoms with Crippen molar-refractivity contribution >= 4 is 50.9 Å². The zero-order valence-electron chi connectivity index (χ0n) is 16.1. The number of ether oxygens (including phenoxy) is 2. The van der Waals surface area contributed by atoms with E-state index >= 15 is 0 Å². The van der Waals surface area contributed by atoms with Gasteiger partial charge in [-0.3, -0.25) is 4.90 Å². The standard InChI is InChI=1S/C21H19BrN2O4S/c1-12-17(20(26)28-3)18(15-9-4-5-10-16(15)19(25)27-2)23-21(29)24(12)14-8-6-7-13(22)11-14/h4-11,18H,1-3H3,(H,23,29). The number of thiocarbonyl (C=S) groups is 1. The number of hydrogen-bond acceptors (Lipinski definition) is 5. The van der Waals surface area contributed by atoms with Crippen LogP contribution in [-0.2, 0) is 14.3 Å². The second kappa shape index (κ2) is 8.75. The van der Waals surface area contributed by atoms with Crippen molar-refractivity contribution in [3.63, 3.8) is 0 Å². The number of allylic oxidation sites excluding steroid dienone is 1. The maximum atomic E-state index is 12.7. The molecule has 1 atom stereocenters. The molecule has 6 nitrogen and oxygen atoms in total. The molecule has 1 aliphatic heterocycles. The van der Waals surface area contributed by atoms with Gasteiger partial charge in [0.15, 0.2) is 5.11 Å². The second-order valence-corrected chi connectivity index (χ2v) is 7.57. The van der Waals surface area contributed by atoms with E-state index < -0.39 is 18.0 Å². The van der Waals surface area contributed by atoms with E-state index in [0.717, 1.165) is 10.2 Å². The van der Waals surface area contributed by atoms with Gasteiger partial charge in [0.05, 0.1) is 31.4 Å². The predicted molar refractivity (Wildman–Crippen MR) is 118 cm³/mol. The maximum Gasteiger partial charge on any atom is 0.338 e. The summed E-state index contributed by atoms with van der Waals surface area (Å²) in [5.74, 6) is -1.01. The normalized spacial score (nSPS) is 16.3. The Bertz CT molecular complexity index is 1020. The summed E-state index contributed by atoms with van der Waals surface area (Å²) < 4.78 is 10.8. The van der Waals surface area contributed by atoms with E-state index in [2.05, 4.69) is 21.2 Å². The number of benzene rings is 2. The zero-order chi connectivity index (χ0) is 21.1. The number of nitrogens with zero attached hydrogens (tertiary/aromatic N) is 1. The lowest BCUT2D eigenvalue weighted by Gasteiger charge is -2.37. The fraction of sp³-hybridized carbons (Fsp3) is 0.190. The molecule has 150 valence electrons. The van der Waals surface area contributed by atoms with Crippen LogP contribution in [0.15, 0.2) is 64.3 Å². The van der Waals surface area contributed by atoms with Crippen LogP contribution in [0.5, 0.6) is 0 Å². The number of esters is 2. The Morgan fingerprint density at radius 1 is 1.07 bits per heavy atom. The molecular formula is C21H19BrN2O4S. The highest BCUT2D eigenvalue weighted by Gasteiger charge is 2.37. The van der Waals surface area contributed by atoms with E-state index in [4.69, 9.17) is 21.7 Å². The largest absolute Gasteiger partial charge is 0.466 e. The van der Waals surface area contributed by atoms with Gasteiger partial charge in [0.2, 0.25) is 0 Å². The molecule has 0 fully saturated rings. The molecule has 2 aromatic rings. The summed E-state index contributed by atoms with van der Waals surface area (Å²) in [5, 5.41) is 3.59. The Morgan fingerprint density at radius 2 is 1.76 bits per heavy atom. The van der Waals surface area contributed by atoms with Gasteiger partial charge in [-0.05, 0) is 49.0 Å². The van der Waals surface area contributed by atoms with Gasteiger partial charge in [-0.1, -0.05) is 40.2 Å². The van der Waals surface area contributed by atoms with Gasteiger partial charge in [0.25, 0.3) is 0 Å². The van der Waals surface area contributed by atoms with Crippen molar-refractivity contribution in [3.8, 4) is 0 Å². The van der Waals surface area contributed by atoms with Crippen molar-refractivity contribution in [1.82, 2.24) is 5.32 Å². The lowest BCUT2D eigenvalue weighted by Crippen LogP contribution is -2.48. The summed E-state index contributed by atoms with van der Waals surface area (Å²) in [7, 11) is 2.64. The first-order chi connectivity index (χ1) is 13.9. The van der Waals surface area contributed by atoms with Crippen LogP contribution in [0.3, 0.4) is 0 Å². The van der Waals surface area contributed by atoms with Gasteiger partial charge >= 0.3 is 11.9 Å². The van der Waals surface area contributed by atoms with E-state index in [-0.39, 0.29) is 0 Å². The number of carbonyl (C=O) groups excluding carboxylic acids is 2. The Hall–Kier alpha value is -2.71. The summed E-state index contributed by atoms with van der Waals surface area (Å²) >= 11 is 9.08. The molecule has 2 aromatic carbocycles. The van der Waals surface area contributed by atoms with E-state index in [1.165, 1.54) is 14.2 Å². The quantitative estimate of drug-likeness (QED) is 0.527. The number of carbonyl (C=O) groups is 2. The summed E-state index contributed by atoms with van der Waals surface area (Å²) in [5.41, 5.74) is 2.69. The molecule has 0 saturated heterocycles. The van der Waals surface area contributed by atoms with Crippen LogP contribution < -0.4 is 10.2 Å². The highest BCUT2D eigenvalue weighted by atomic mass is 79.9. The first-order valence-electron chi connectivity index (χ1n) is 8.71. The minimum Gasteiger partial charge on any atom is -0.466 e. The summed E-state index contributed by atoms with van der Waals surface area (Å²) in [4.78, 5) is 26.8.